The molecule has 0 spiro atoms. The zero-order chi connectivity index (χ0) is 19.2. The number of hydrogen-bond donors (Lipinski definition) is 0. The monoisotopic (exact) mass is 369 g/mol. The number of aryl methyl sites for hydroxylation is 2. The van der Waals surface area contributed by atoms with E-state index in [0.29, 0.717) is 31.0 Å². The summed E-state index contributed by atoms with van der Waals surface area (Å²) in [6.07, 6.45) is 0.655. The highest BCUT2D eigenvalue weighted by molar-refractivity contribution is 5.57. The lowest BCUT2D eigenvalue weighted by Crippen LogP contribution is -2.29. The lowest BCUT2D eigenvalue weighted by molar-refractivity contribution is 0.182. The molecule has 2 aromatic heterocycles. The molecule has 3 heterocycles. The molecule has 1 saturated heterocycles. The third-order valence-electron chi connectivity index (χ3n) is 5.35. The van der Waals surface area contributed by atoms with E-state index in [1.807, 2.05) is 19.9 Å². The number of pyridine rings is 1. The van der Waals surface area contributed by atoms with Gasteiger partial charge in [-0.15, -0.1) is 0 Å². The molecule has 1 atom stereocenters. The van der Waals surface area contributed by atoms with Crippen LogP contribution in [-0.2, 0) is 17.2 Å². The van der Waals surface area contributed by atoms with Gasteiger partial charge < -0.3 is 13.8 Å². The maximum Gasteiger partial charge on any atom is 0.263 e. The van der Waals surface area contributed by atoms with Crippen LogP contribution >= 0.6 is 0 Å². The zero-order valence-electron chi connectivity index (χ0n) is 15.5. The van der Waals surface area contributed by atoms with Crippen molar-refractivity contribution < 1.29 is 13.7 Å². The Morgan fingerprint density at radius 3 is 2.63 bits per heavy atom. The predicted octanol–water partition coefficient (Wildman–Crippen LogP) is 2.90. The molecule has 0 saturated carbocycles. The first-order valence-corrected chi connectivity index (χ1v) is 8.78. The molecule has 140 valence electrons. The van der Waals surface area contributed by atoms with E-state index in [0.717, 1.165) is 16.8 Å². The Hall–Kier alpha value is -2.80. The number of aromatic nitrogens is 3. The Bertz CT molecular complexity index is 1050. The molecule has 0 radical (unpaired) electrons. The van der Waals surface area contributed by atoms with E-state index >= 15 is 0 Å². The number of nitrogens with zero attached hydrogens (tertiary/aromatic N) is 3. The summed E-state index contributed by atoms with van der Waals surface area (Å²) in [6, 6.07) is 8.17. The maximum atomic E-state index is 13.4. The molecule has 1 aliphatic heterocycles. The second-order valence-electron chi connectivity index (χ2n) is 7.02. The molecule has 0 aliphatic carbocycles. The summed E-state index contributed by atoms with van der Waals surface area (Å²) in [5, 5.41) is 4.17. The van der Waals surface area contributed by atoms with Gasteiger partial charge >= 0.3 is 0 Å². The molecule has 1 aliphatic rings. The van der Waals surface area contributed by atoms with Crippen molar-refractivity contribution >= 4 is 0 Å². The van der Waals surface area contributed by atoms with E-state index in [4.69, 9.17) is 9.26 Å². The first-order chi connectivity index (χ1) is 12.9. The van der Waals surface area contributed by atoms with Crippen LogP contribution in [0.2, 0.25) is 0 Å². The lowest BCUT2D eigenvalue weighted by Gasteiger charge is -2.23. The largest absolute Gasteiger partial charge is 0.380 e. The smallest absolute Gasteiger partial charge is 0.263 e. The van der Waals surface area contributed by atoms with E-state index in [-0.39, 0.29) is 17.3 Å². The summed E-state index contributed by atoms with van der Waals surface area (Å²) in [4.78, 5) is 17.3. The standard InChI is InChI=1S/C20H20FN3O3/c1-12-10-13(2)24(3)18(25)16(12)17-22-19(23-27-17)20(8-9-26-11-20)14-4-6-15(21)7-5-14/h4-7,10H,8-9,11H2,1-3H3/t20-/m1/s1. The third kappa shape index (κ3) is 2.78. The fraction of sp³-hybridized carbons (Fsp3) is 0.350. The second-order valence-corrected chi connectivity index (χ2v) is 7.02. The van der Waals surface area contributed by atoms with Gasteiger partial charge in [-0.2, -0.15) is 4.98 Å². The van der Waals surface area contributed by atoms with Crippen molar-refractivity contribution in [2.24, 2.45) is 7.05 Å². The van der Waals surface area contributed by atoms with Crippen molar-refractivity contribution in [3.8, 4) is 11.5 Å². The van der Waals surface area contributed by atoms with Gasteiger partial charge in [0, 0.05) is 19.3 Å². The second kappa shape index (κ2) is 6.42. The summed E-state index contributed by atoms with van der Waals surface area (Å²) >= 11 is 0. The Kier molecular flexibility index (Phi) is 4.19. The van der Waals surface area contributed by atoms with Gasteiger partial charge in [-0.25, -0.2) is 4.39 Å². The van der Waals surface area contributed by atoms with E-state index in [1.54, 1.807) is 23.7 Å². The van der Waals surface area contributed by atoms with Crippen LogP contribution in [0.5, 0.6) is 0 Å². The molecule has 4 rings (SSSR count). The van der Waals surface area contributed by atoms with Crippen LogP contribution in [0.3, 0.4) is 0 Å². The SMILES string of the molecule is Cc1cc(C)n(C)c(=O)c1-c1nc([C@]2(c3ccc(F)cc3)CCOC2)no1. The highest BCUT2D eigenvalue weighted by Gasteiger charge is 2.43. The van der Waals surface area contributed by atoms with E-state index in [9.17, 15) is 9.18 Å². The first kappa shape index (κ1) is 17.6. The first-order valence-electron chi connectivity index (χ1n) is 8.78. The average Bonchev–Trinajstić information content (AvgIpc) is 3.31. The van der Waals surface area contributed by atoms with Gasteiger partial charge in [0.1, 0.15) is 11.4 Å². The van der Waals surface area contributed by atoms with E-state index < -0.39 is 5.41 Å². The van der Waals surface area contributed by atoms with Crippen LogP contribution in [0, 0.1) is 19.7 Å². The molecule has 0 bridgehead atoms. The molecule has 7 heteroatoms. The van der Waals surface area contributed by atoms with Crippen LogP contribution in [0.4, 0.5) is 4.39 Å². The highest BCUT2D eigenvalue weighted by atomic mass is 19.1. The van der Waals surface area contributed by atoms with Crippen LogP contribution in [0.15, 0.2) is 39.6 Å². The van der Waals surface area contributed by atoms with Crippen LogP contribution in [-0.4, -0.2) is 27.9 Å². The molecule has 0 N–H and O–H groups in total. The van der Waals surface area contributed by atoms with Gasteiger partial charge in [0.25, 0.3) is 11.4 Å². The highest BCUT2D eigenvalue weighted by Crippen LogP contribution is 2.39. The van der Waals surface area contributed by atoms with Gasteiger partial charge in [-0.3, -0.25) is 4.79 Å². The number of benzene rings is 1. The lowest BCUT2D eigenvalue weighted by atomic mass is 9.79. The van der Waals surface area contributed by atoms with Crippen LogP contribution in [0.25, 0.3) is 11.5 Å². The average molecular weight is 369 g/mol. The van der Waals surface area contributed by atoms with Gasteiger partial charge in [-0.05, 0) is 49.6 Å². The summed E-state index contributed by atoms with van der Waals surface area (Å²) in [6.45, 7) is 4.65. The summed E-state index contributed by atoms with van der Waals surface area (Å²) in [5.41, 5.74) is 2.11. The van der Waals surface area contributed by atoms with Crippen molar-refractivity contribution in [2.45, 2.75) is 25.7 Å². The third-order valence-corrected chi connectivity index (χ3v) is 5.35. The van der Waals surface area contributed by atoms with Crippen molar-refractivity contribution in [3.63, 3.8) is 0 Å². The molecule has 3 aromatic rings. The van der Waals surface area contributed by atoms with Gasteiger partial charge in [0.15, 0.2) is 5.82 Å². The van der Waals surface area contributed by atoms with Crippen molar-refractivity contribution in [1.82, 2.24) is 14.7 Å². The fourth-order valence-electron chi connectivity index (χ4n) is 3.63. The number of halogens is 1. The van der Waals surface area contributed by atoms with Crippen LogP contribution in [0.1, 0.15) is 29.1 Å². The molecule has 0 amide bonds. The normalized spacial score (nSPS) is 19.6. The quantitative estimate of drug-likeness (QED) is 0.710. The minimum absolute atomic E-state index is 0.179. The van der Waals surface area contributed by atoms with Crippen molar-refractivity contribution in [3.05, 3.63) is 69.1 Å². The van der Waals surface area contributed by atoms with Crippen LogP contribution < -0.4 is 5.56 Å². The Morgan fingerprint density at radius 2 is 1.96 bits per heavy atom. The number of hydrogen-bond acceptors (Lipinski definition) is 5. The molecule has 1 fully saturated rings. The number of ether oxygens (including phenoxy) is 1. The van der Waals surface area contributed by atoms with Gasteiger partial charge in [0.05, 0.1) is 12.0 Å². The van der Waals surface area contributed by atoms with E-state index in [2.05, 4.69) is 10.1 Å². The topological polar surface area (TPSA) is 70.2 Å². The Morgan fingerprint density at radius 1 is 1.22 bits per heavy atom. The minimum Gasteiger partial charge on any atom is -0.380 e. The molecular weight excluding hydrogens is 349 g/mol. The Labute approximate surface area is 155 Å². The molecule has 6 nitrogen and oxygen atoms in total. The maximum absolute atomic E-state index is 13.4. The fourth-order valence-corrected chi connectivity index (χ4v) is 3.63. The Balaban J connectivity index is 1.83. The zero-order valence-corrected chi connectivity index (χ0v) is 15.5. The van der Waals surface area contributed by atoms with Crippen molar-refractivity contribution in [1.29, 1.82) is 0 Å². The van der Waals surface area contributed by atoms with Crippen molar-refractivity contribution in [2.75, 3.05) is 13.2 Å². The van der Waals surface area contributed by atoms with E-state index in [1.165, 1.54) is 12.1 Å². The molecule has 0 unspecified atom stereocenters. The van der Waals surface area contributed by atoms with Gasteiger partial charge in [-0.1, -0.05) is 17.3 Å². The van der Waals surface area contributed by atoms with Gasteiger partial charge in [0.2, 0.25) is 0 Å². The predicted molar refractivity (Wildman–Crippen MR) is 97.1 cm³/mol. The summed E-state index contributed by atoms with van der Waals surface area (Å²) in [5.74, 6) is 0.334. The molecule has 27 heavy (non-hydrogen) atoms. The molecular formula is C20H20FN3O3. The minimum atomic E-state index is -0.612. The number of rotatable bonds is 3. The molecule has 1 aromatic carbocycles. The summed E-state index contributed by atoms with van der Waals surface area (Å²) < 4.78 is 26.0. The summed E-state index contributed by atoms with van der Waals surface area (Å²) in [7, 11) is 1.71.